The lowest BCUT2D eigenvalue weighted by Crippen LogP contribution is -2.30. The number of carbonyl (C=O) groups is 4. The van der Waals surface area contributed by atoms with Crippen LogP contribution in [0.25, 0.3) is 0 Å². The molecule has 0 aliphatic heterocycles. The predicted octanol–water partition coefficient (Wildman–Crippen LogP) is 26.2. The molecule has 0 radical (unpaired) electrons. The van der Waals surface area contributed by atoms with E-state index in [1.54, 1.807) is 0 Å². The zero-order valence-electron chi connectivity index (χ0n) is 69.0. The normalized spacial score (nSPS) is 14.1. The third kappa shape index (κ3) is 78.5. The van der Waals surface area contributed by atoms with Crippen LogP contribution in [-0.2, 0) is 65.4 Å². The van der Waals surface area contributed by atoms with Gasteiger partial charge in [0, 0.05) is 25.7 Å². The van der Waals surface area contributed by atoms with Gasteiger partial charge in [-0.05, 0) is 37.5 Å². The van der Waals surface area contributed by atoms with Gasteiger partial charge in [-0.25, -0.2) is 9.13 Å². The number of ether oxygens (including phenoxy) is 4. The summed E-state index contributed by atoms with van der Waals surface area (Å²) in [6, 6.07) is 0. The predicted molar refractivity (Wildman–Crippen MR) is 432 cm³/mol. The summed E-state index contributed by atoms with van der Waals surface area (Å²) < 4.78 is 68.9. The fraction of sp³-hybridized carbons (Fsp3) is 0.953. The third-order valence-electron chi connectivity index (χ3n) is 20.6. The van der Waals surface area contributed by atoms with Gasteiger partial charge in [-0.15, -0.1) is 0 Å². The van der Waals surface area contributed by atoms with Gasteiger partial charge in [-0.1, -0.05) is 408 Å². The van der Waals surface area contributed by atoms with E-state index in [9.17, 15) is 43.2 Å². The van der Waals surface area contributed by atoms with Crippen molar-refractivity contribution in [1.29, 1.82) is 0 Å². The number of aliphatic hydroxyl groups is 1. The molecule has 0 amide bonds. The SMILES string of the molecule is CCCCCCCCCCCCCCCCCCCCCC(=O)OC[C@H](COP(=O)(O)OC[C@@H](O)COP(=O)(O)OC[C@@H](COC(=O)CCCCCCCCCCC(C)C)OC(=O)CCCCCCCCCCCCCCC)OC(=O)CCCCCCCCCCCCCCCCCCCCC(C)CC. The van der Waals surface area contributed by atoms with Gasteiger partial charge < -0.3 is 33.8 Å². The topological polar surface area (TPSA) is 237 Å². The summed E-state index contributed by atoms with van der Waals surface area (Å²) >= 11 is 0. The summed E-state index contributed by atoms with van der Waals surface area (Å²) in [6.07, 6.45) is 69.5. The zero-order chi connectivity index (χ0) is 77.1. The number of phosphoric acid groups is 2. The Bertz CT molecular complexity index is 2010. The molecule has 0 spiro atoms. The average Bonchev–Trinajstić information content (AvgIpc) is 0.907. The molecular weight excluding hydrogens is 1370 g/mol. The van der Waals surface area contributed by atoms with E-state index in [0.717, 1.165) is 102 Å². The van der Waals surface area contributed by atoms with Crippen LogP contribution in [0.15, 0.2) is 0 Å². The average molecular weight is 1540 g/mol. The highest BCUT2D eigenvalue weighted by Crippen LogP contribution is 2.45. The molecule has 3 unspecified atom stereocenters. The molecule has 0 heterocycles. The van der Waals surface area contributed by atoms with E-state index in [2.05, 4.69) is 41.5 Å². The zero-order valence-corrected chi connectivity index (χ0v) is 70.8. The van der Waals surface area contributed by atoms with Crippen LogP contribution < -0.4 is 0 Å². The third-order valence-corrected chi connectivity index (χ3v) is 22.5. The van der Waals surface area contributed by atoms with Crippen molar-refractivity contribution in [1.82, 2.24) is 0 Å². The lowest BCUT2D eigenvalue weighted by Gasteiger charge is -2.21. The highest BCUT2D eigenvalue weighted by Gasteiger charge is 2.30. The minimum atomic E-state index is -4.97. The Morgan fingerprint density at radius 3 is 0.724 bits per heavy atom. The van der Waals surface area contributed by atoms with E-state index in [4.69, 9.17) is 37.0 Å². The maximum absolute atomic E-state index is 13.1. The van der Waals surface area contributed by atoms with E-state index in [-0.39, 0.29) is 25.7 Å². The maximum Gasteiger partial charge on any atom is 0.472 e. The molecular formula is C86H168O17P2. The van der Waals surface area contributed by atoms with Gasteiger partial charge in [-0.2, -0.15) is 0 Å². The van der Waals surface area contributed by atoms with Crippen LogP contribution in [-0.4, -0.2) is 96.7 Å². The van der Waals surface area contributed by atoms with Gasteiger partial charge in [-0.3, -0.25) is 37.3 Å². The van der Waals surface area contributed by atoms with E-state index < -0.39 is 97.5 Å². The molecule has 105 heavy (non-hydrogen) atoms. The Hall–Kier alpha value is -1.94. The minimum absolute atomic E-state index is 0.107. The van der Waals surface area contributed by atoms with Crippen LogP contribution in [0.5, 0.6) is 0 Å². The lowest BCUT2D eigenvalue weighted by molar-refractivity contribution is -0.161. The molecule has 0 saturated carbocycles. The Labute approximate surface area is 645 Å². The molecule has 0 aliphatic carbocycles. The molecule has 6 atom stereocenters. The molecule has 3 N–H and O–H groups in total. The van der Waals surface area contributed by atoms with Crippen LogP contribution in [0.3, 0.4) is 0 Å². The monoisotopic (exact) mass is 1540 g/mol. The van der Waals surface area contributed by atoms with Crippen molar-refractivity contribution >= 4 is 39.5 Å². The quantitative estimate of drug-likeness (QED) is 0.0222. The minimum Gasteiger partial charge on any atom is -0.462 e. The van der Waals surface area contributed by atoms with Gasteiger partial charge >= 0.3 is 39.5 Å². The number of phosphoric ester groups is 2. The fourth-order valence-corrected chi connectivity index (χ4v) is 15.0. The van der Waals surface area contributed by atoms with Crippen molar-refractivity contribution in [3.63, 3.8) is 0 Å². The van der Waals surface area contributed by atoms with Crippen molar-refractivity contribution in [2.45, 2.75) is 477 Å². The molecule has 17 nitrogen and oxygen atoms in total. The Morgan fingerprint density at radius 2 is 0.486 bits per heavy atom. The van der Waals surface area contributed by atoms with Gasteiger partial charge in [0.25, 0.3) is 0 Å². The van der Waals surface area contributed by atoms with Crippen molar-refractivity contribution in [3.05, 3.63) is 0 Å². The summed E-state index contributed by atoms with van der Waals surface area (Å²) in [5, 5.41) is 10.7. The summed E-state index contributed by atoms with van der Waals surface area (Å²) in [6.45, 7) is 9.70. The first-order valence-electron chi connectivity index (χ1n) is 44.5. The Morgan fingerprint density at radius 1 is 0.276 bits per heavy atom. The standard InChI is InChI=1S/C86H168O17P2/c1-7-10-12-14-16-18-20-22-23-24-25-29-32-36-39-43-50-56-62-68-83(88)96-74-81(102-86(91)71-65-59-53-45-41-37-33-30-27-26-28-31-35-38-42-49-55-61-67-79(6)9-3)76-100-104(92,93)98-72-80(87)73-99-105(94,95)101-77-82(75-97-84(89)69-63-57-51-47-46-48-54-60-66-78(4)5)103-85(90)70-64-58-52-44-40-34-21-19-17-15-13-11-8-2/h78-82,87H,7-77H2,1-6H3,(H,92,93)(H,94,95)/t79?,80-,81-,82-/m1/s1. The van der Waals surface area contributed by atoms with Crippen molar-refractivity contribution < 1.29 is 80.2 Å². The van der Waals surface area contributed by atoms with Gasteiger partial charge in [0.05, 0.1) is 26.4 Å². The molecule has 0 aliphatic rings. The molecule has 0 aromatic rings. The first-order valence-corrected chi connectivity index (χ1v) is 47.5. The molecule has 0 fully saturated rings. The number of aliphatic hydroxyl groups excluding tert-OH is 1. The van der Waals surface area contributed by atoms with Crippen LogP contribution in [0, 0.1) is 11.8 Å². The number of esters is 4. The number of rotatable bonds is 85. The Kier molecular flexibility index (Phi) is 76.0. The summed E-state index contributed by atoms with van der Waals surface area (Å²) in [4.78, 5) is 73.2. The van der Waals surface area contributed by atoms with Crippen molar-refractivity contribution in [2.24, 2.45) is 11.8 Å². The molecule has 0 aromatic carbocycles. The number of hydrogen-bond acceptors (Lipinski definition) is 15. The second kappa shape index (κ2) is 77.4. The first kappa shape index (κ1) is 103. The molecule has 0 bridgehead atoms. The number of unbranched alkanes of at least 4 members (excludes halogenated alkanes) is 54. The lowest BCUT2D eigenvalue weighted by atomic mass is 9.99. The Balaban J connectivity index is 5.22. The van der Waals surface area contributed by atoms with Gasteiger partial charge in [0.15, 0.2) is 12.2 Å². The summed E-state index contributed by atoms with van der Waals surface area (Å²) in [7, 11) is -9.93. The molecule has 0 saturated heterocycles. The van der Waals surface area contributed by atoms with E-state index in [1.165, 1.54) is 276 Å². The maximum atomic E-state index is 13.1. The van der Waals surface area contributed by atoms with E-state index >= 15 is 0 Å². The van der Waals surface area contributed by atoms with Crippen molar-refractivity contribution in [2.75, 3.05) is 39.6 Å². The van der Waals surface area contributed by atoms with E-state index in [0.29, 0.717) is 25.7 Å². The molecule has 624 valence electrons. The molecule has 0 rings (SSSR count). The van der Waals surface area contributed by atoms with Gasteiger partial charge in [0.1, 0.15) is 19.3 Å². The van der Waals surface area contributed by atoms with Crippen molar-refractivity contribution in [3.8, 4) is 0 Å². The highest BCUT2D eigenvalue weighted by molar-refractivity contribution is 7.47. The molecule has 0 aromatic heterocycles. The first-order chi connectivity index (χ1) is 50.9. The number of carbonyl (C=O) groups excluding carboxylic acids is 4. The van der Waals surface area contributed by atoms with Crippen LogP contribution in [0.4, 0.5) is 0 Å². The summed E-state index contributed by atoms with van der Waals surface area (Å²) in [5.41, 5.74) is 0. The smallest absolute Gasteiger partial charge is 0.462 e. The number of hydrogen-bond donors (Lipinski definition) is 3. The second-order valence-corrected chi connectivity index (χ2v) is 34.6. The van der Waals surface area contributed by atoms with E-state index in [1.807, 2.05) is 0 Å². The highest BCUT2D eigenvalue weighted by atomic mass is 31.2. The van der Waals surface area contributed by atoms with Crippen LogP contribution >= 0.6 is 15.6 Å². The van der Waals surface area contributed by atoms with Crippen LogP contribution in [0.1, 0.15) is 459 Å². The molecule has 19 heteroatoms. The van der Waals surface area contributed by atoms with Crippen LogP contribution in [0.2, 0.25) is 0 Å². The second-order valence-electron chi connectivity index (χ2n) is 31.6. The summed E-state index contributed by atoms with van der Waals surface area (Å²) in [5.74, 6) is -0.505. The fourth-order valence-electron chi connectivity index (χ4n) is 13.4. The van der Waals surface area contributed by atoms with Gasteiger partial charge in [0.2, 0.25) is 0 Å². The largest absolute Gasteiger partial charge is 0.472 e.